The molecule has 0 aliphatic rings. The molecule has 98 valence electrons. The SMILES string of the molecule is CCc1cccc(C)c1NC(=O)c1ccnc(F)c1. The van der Waals surface area contributed by atoms with E-state index in [1.165, 1.54) is 12.3 Å². The number of aromatic nitrogens is 1. The summed E-state index contributed by atoms with van der Waals surface area (Å²) < 4.78 is 13.0. The molecule has 2 rings (SSSR count). The number of amides is 1. The Labute approximate surface area is 111 Å². The molecule has 2 aromatic rings. The van der Waals surface area contributed by atoms with E-state index in [1.807, 2.05) is 32.0 Å². The molecule has 0 radical (unpaired) electrons. The smallest absolute Gasteiger partial charge is 0.255 e. The number of halogens is 1. The third-order valence-electron chi connectivity index (χ3n) is 2.97. The number of anilines is 1. The highest BCUT2D eigenvalue weighted by atomic mass is 19.1. The predicted molar refractivity (Wildman–Crippen MR) is 72.7 cm³/mol. The van der Waals surface area contributed by atoms with Crippen molar-refractivity contribution in [3.63, 3.8) is 0 Å². The van der Waals surface area contributed by atoms with Crippen LogP contribution in [0.2, 0.25) is 0 Å². The summed E-state index contributed by atoms with van der Waals surface area (Å²) in [5, 5.41) is 2.84. The number of benzene rings is 1. The van der Waals surface area contributed by atoms with Crippen LogP contribution in [-0.2, 0) is 6.42 Å². The molecule has 1 heterocycles. The molecule has 1 amide bonds. The molecular weight excluding hydrogens is 243 g/mol. The minimum absolute atomic E-state index is 0.262. The Bertz CT molecular complexity index is 611. The molecule has 1 N–H and O–H groups in total. The fourth-order valence-electron chi connectivity index (χ4n) is 1.93. The molecule has 0 spiro atoms. The van der Waals surface area contributed by atoms with Crippen LogP contribution in [0.25, 0.3) is 0 Å². The topological polar surface area (TPSA) is 42.0 Å². The molecule has 3 nitrogen and oxygen atoms in total. The van der Waals surface area contributed by atoms with E-state index in [0.717, 1.165) is 29.3 Å². The van der Waals surface area contributed by atoms with Crippen LogP contribution in [0.4, 0.5) is 10.1 Å². The monoisotopic (exact) mass is 258 g/mol. The fourth-order valence-corrected chi connectivity index (χ4v) is 1.93. The maximum atomic E-state index is 13.0. The zero-order chi connectivity index (χ0) is 13.8. The third kappa shape index (κ3) is 2.96. The van der Waals surface area contributed by atoms with Gasteiger partial charge in [-0.2, -0.15) is 4.39 Å². The van der Waals surface area contributed by atoms with Gasteiger partial charge >= 0.3 is 0 Å². The van der Waals surface area contributed by atoms with Gasteiger partial charge in [0.05, 0.1) is 0 Å². The van der Waals surface area contributed by atoms with E-state index < -0.39 is 5.95 Å². The maximum Gasteiger partial charge on any atom is 0.255 e. The Morgan fingerprint density at radius 3 is 2.84 bits per heavy atom. The second kappa shape index (κ2) is 5.61. The minimum atomic E-state index is -0.659. The number of para-hydroxylation sites is 1. The van der Waals surface area contributed by atoms with Gasteiger partial charge in [-0.25, -0.2) is 4.98 Å². The van der Waals surface area contributed by atoms with Crippen molar-refractivity contribution in [2.75, 3.05) is 5.32 Å². The highest BCUT2D eigenvalue weighted by molar-refractivity contribution is 6.05. The van der Waals surface area contributed by atoms with Gasteiger partial charge in [0.1, 0.15) is 0 Å². The molecule has 19 heavy (non-hydrogen) atoms. The largest absolute Gasteiger partial charge is 0.321 e. The number of hydrogen-bond donors (Lipinski definition) is 1. The number of pyridine rings is 1. The van der Waals surface area contributed by atoms with Gasteiger partial charge in [0.15, 0.2) is 0 Å². The quantitative estimate of drug-likeness (QED) is 0.858. The van der Waals surface area contributed by atoms with Crippen molar-refractivity contribution in [3.8, 4) is 0 Å². The normalized spacial score (nSPS) is 10.3. The van der Waals surface area contributed by atoms with E-state index in [-0.39, 0.29) is 11.5 Å². The first kappa shape index (κ1) is 13.2. The van der Waals surface area contributed by atoms with Crippen molar-refractivity contribution >= 4 is 11.6 Å². The van der Waals surface area contributed by atoms with E-state index in [4.69, 9.17) is 0 Å². The second-order valence-corrected chi connectivity index (χ2v) is 4.28. The number of aryl methyl sites for hydroxylation is 2. The number of carbonyl (C=O) groups is 1. The summed E-state index contributed by atoms with van der Waals surface area (Å²) in [5.41, 5.74) is 3.11. The lowest BCUT2D eigenvalue weighted by Gasteiger charge is -2.12. The van der Waals surface area contributed by atoms with Gasteiger partial charge in [-0.1, -0.05) is 25.1 Å². The van der Waals surface area contributed by atoms with Crippen molar-refractivity contribution in [2.45, 2.75) is 20.3 Å². The van der Waals surface area contributed by atoms with Gasteiger partial charge in [0.2, 0.25) is 5.95 Å². The van der Waals surface area contributed by atoms with Crippen LogP contribution in [0, 0.1) is 12.9 Å². The molecule has 0 aliphatic heterocycles. The highest BCUT2D eigenvalue weighted by Gasteiger charge is 2.11. The number of carbonyl (C=O) groups excluding carboxylic acids is 1. The fraction of sp³-hybridized carbons (Fsp3) is 0.200. The molecular formula is C15H15FN2O. The van der Waals surface area contributed by atoms with Crippen molar-refractivity contribution in [3.05, 3.63) is 59.2 Å². The van der Waals surface area contributed by atoms with Gasteiger partial charge in [0, 0.05) is 23.5 Å². The van der Waals surface area contributed by atoms with E-state index in [2.05, 4.69) is 10.3 Å². The lowest BCUT2D eigenvalue weighted by molar-refractivity contribution is 0.102. The summed E-state index contributed by atoms with van der Waals surface area (Å²) in [6, 6.07) is 8.47. The first-order valence-electron chi connectivity index (χ1n) is 6.13. The third-order valence-corrected chi connectivity index (χ3v) is 2.97. The number of nitrogens with one attached hydrogen (secondary N) is 1. The zero-order valence-corrected chi connectivity index (χ0v) is 10.9. The second-order valence-electron chi connectivity index (χ2n) is 4.28. The van der Waals surface area contributed by atoms with Crippen LogP contribution >= 0.6 is 0 Å². The number of hydrogen-bond acceptors (Lipinski definition) is 2. The standard InChI is InChI=1S/C15H15FN2O/c1-3-11-6-4-5-10(2)14(11)18-15(19)12-7-8-17-13(16)9-12/h4-9H,3H2,1-2H3,(H,18,19). The van der Waals surface area contributed by atoms with Gasteiger partial charge < -0.3 is 5.32 Å². The highest BCUT2D eigenvalue weighted by Crippen LogP contribution is 2.21. The molecule has 0 saturated heterocycles. The van der Waals surface area contributed by atoms with Crippen LogP contribution < -0.4 is 5.32 Å². The van der Waals surface area contributed by atoms with Crippen LogP contribution in [0.1, 0.15) is 28.4 Å². The zero-order valence-electron chi connectivity index (χ0n) is 10.9. The van der Waals surface area contributed by atoms with E-state index >= 15 is 0 Å². The Morgan fingerprint density at radius 2 is 2.16 bits per heavy atom. The Kier molecular flexibility index (Phi) is 3.90. The molecule has 4 heteroatoms. The summed E-state index contributed by atoms with van der Waals surface area (Å²) >= 11 is 0. The van der Waals surface area contributed by atoms with Crippen LogP contribution in [0.5, 0.6) is 0 Å². The van der Waals surface area contributed by atoms with Crippen LogP contribution in [0.3, 0.4) is 0 Å². The summed E-state index contributed by atoms with van der Waals surface area (Å²) in [7, 11) is 0. The first-order chi connectivity index (χ1) is 9.11. The van der Waals surface area contributed by atoms with Gasteiger partial charge in [-0.15, -0.1) is 0 Å². The molecule has 1 aromatic carbocycles. The van der Waals surface area contributed by atoms with Crippen molar-refractivity contribution in [1.29, 1.82) is 0 Å². The summed E-state index contributed by atoms with van der Waals surface area (Å²) in [4.78, 5) is 15.5. The molecule has 0 atom stereocenters. The van der Waals surface area contributed by atoms with Crippen LogP contribution in [-0.4, -0.2) is 10.9 Å². The molecule has 0 saturated carbocycles. The molecule has 1 aromatic heterocycles. The molecule has 0 bridgehead atoms. The van der Waals surface area contributed by atoms with E-state index in [1.54, 1.807) is 0 Å². The molecule has 0 aliphatic carbocycles. The average molecular weight is 258 g/mol. The Morgan fingerprint density at radius 1 is 1.37 bits per heavy atom. The lowest BCUT2D eigenvalue weighted by atomic mass is 10.1. The summed E-state index contributed by atoms with van der Waals surface area (Å²) in [6.07, 6.45) is 2.10. The summed E-state index contributed by atoms with van der Waals surface area (Å²) in [5.74, 6) is -0.988. The van der Waals surface area contributed by atoms with E-state index in [9.17, 15) is 9.18 Å². The van der Waals surface area contributed by atoms with E-state index in [0.29, 0.717) is 0 Å². The number of rotatable bonds is 3. The summed E-state index contributed by atoms with van der Waals surface area (Å²) in [6.45, 7) is 3.96. The number of nitrogens with zero attached hydrogens (tertiary/aromatic N) is 1. The van der Waals surface area contributed by atoms with Crippen molar-refractivity contribution < 1.29 is 9.18 Å². The van der Waals surface area contributed by atoms with Gasteiger partial charge in [-0.05, 0) is 30.5 Å². The van der Waals surface area contributed by atoms with Gasteiger partial charge in [0.25, 0.3) is 5.91 Å². The first-order valence-corrected chi connectivity index (χ1v) is 6.13. The van der Waals surface area contributed by atoms with Crippen molar-refractivity contribution in [1.82, 2.24) is 4.98 Å². The predicted octanol–water partition coefficient (Wildman–Crippen LogP) is 3.34. The lowest BCUT2D eigenvalue weighted by Crippen LogP contribution is -2.14. The molecule has 0 unspecified atom stereocenters. The average Bonchev–Trinajstić information content (AvgIpc) is 2.41. The Hall–Kier alpha value is -2.23. The van der Waals surface area contributed by atoms with Crippen LogP contribution in [0.15, 0.2) is 36.5 Å². The minimum Gasteiger partial charge on any atom is -0.321 e. The van der Waals surface area contributed by atoms with Crippen molar-refractivity contribution in [2.24, 2.45) is 0 Å². The van der Waals surface area contributed by atoms with Gasteiger partial charge in [-0.3, -0.25) is 4.79 Å². The Balaban J connectivity index is 2.29. The molecule has 0 fully saturated rings. The maximum absolute atomic E-state index is 13.0.